The minimum absolute atomic E-state index is 0. The highest BCUT2D eigenvalue weighted by molar-refractivity contribution is 14.0. The molecule has 0 saturated heterocycles. The molecular formula is C22H33IN6O2. The lowest BCUT2D eigenvalue weighted by molar-refractivity contribution is 0.177. The Hall–Kier alpha value is -1.62. The van der Waals surface area contributed by atoms with Crippen LogP contribution in [0.2, 0.25) is 0 Å². The molecule has 5 rings (SSSR count). The molecule has 0 spiro atoms. The molecule has 4 atom stereocenters. The van der Waals surface area contributed by atoms with Gasteiger partial charge in [-0.3, -0.25) is 4.99 Å². The Bertz CT molecular complexity index is 867. The van der Waals surface area contributed by atoms with E-state index in [2.05, 4.69) is 20.7 Å². The number of hydrogen-bond donors (Lipinski definition) is 2. The molecule has 31 heavy (non-hydrogen) atoms. The lowest BCUT2D eigenvalue weighted by atomic mass is 9.95. The van der Waals surface area contributed by atoms with Crippen molar-refractivity contribution in [1.82, 2.24) is 25.4 Å². The monoisotopic (exact) mass is 540 g/mol. The van der Waals surface area contributed by atoms with Crippen molar-refractivity contribution in [2.45, 2.75) is 70.2 Å². The van der Waals surface area contributed by atoms with E-state index in [1.807, 2.05) is 16.8 Å². The number of furan rings is 1. The van der Waals surface area contributed by atoms with Crippen LogP contribution in [-0.4, -0.2) is 46.5 Å². The Kier molecular flexibility index (Phi) is 7.52. The molecular weight excluding hydrogens is 507 g/mol. The van der Waals surface area contributed by atoms with E-state index >= 15 is 0 Å². The predicted octanol–water partition coefficient (Wildman–Crippen LogP) is 2.92. The number of aromatic nitrogens is 3. The van der Waals surface area contributed by atoms with Gasteiger partial charge in [-0.1, -0.05) is 6.42 Å². The maximum atomic E-state index is 5.46. The molecule has 2 N–H and O–H groups in total. The minimum Gasteiger partial charge on any atom is -0.469 e. The van der Waals surface area contributed by atoms with Crippen LogP contribution in [0.5, 0.6) is 0 Å². The van der Waals surface area contributed by atoms with Gasteiger partial charge in [0.15, 0.2) is 11.8 Å². The summed E-state index contributed by atoms with van der Waals surface area (Å²) in [5.74, 6) is 5.44. The summed E-state index contributed by atoms with van der Waals surface area (Å²) < 4.78 is 12.7. The third-order valence-corrected chi connectivity index (χ3v) is 6.78. The van der Waals surface area contributed by atoms with Crippen LogP contribution in [0.3, 0.4) is 0 Å². The van der Waals surface area contributed by atoms with Crippen LogP contribution in [-0.2, 0) is 30.7 Å². The first kappa shape index (κ1) is 22.6. The highest BCUT2D eigenvalue weighted by Gasteiger charge is 2.40. The van der Waals surface area contributed by atoms with Gasteiger partial charge in [-0.05, 0) is 49.7 Å². The van der Waals surface area contributed by atoms with Gasteiger partial charge in [0.25, 0.3) is 0 Å². The number of rotatable bonds is 7. The molecule has 2 fully saturated rings. The van der Waals surface area contributed by atoms with Crippen LogP contribution in [0.25, 0.3) is 0 Å². The summed E-state index contributed by atoms with van der Waals surface area (Å²) in [5, 5.41) is 12.1. The molecule has 1 aliphatic heterocycles. The van der Waals surface area contributed by atoms with Gasteiger partial charge in [0, 0.05) is 38.6 Å². The van der Waals surface area contributed by atoms with Crippen LogP contribution < -0.4 is 10.6 Å². The summed E-state index contributed by atoms with van der Waals surface area (Å²) in [6, 6.07) is 4.79. The van der Waals surface area contributed by atoms with E-state index < -0.39 is 0 Å². The second-order valence-electron chi connectivity index (χ2n) is 8.92. The number of fused-ring (bicyclic) bond motifs is 3. The molecule has 2 bridgehead atoms. The molecule has 0 amide bonds. The predicted molar refractivity (Wildman–Crippen MR) is 128 cm³/mol. The Morgan fingerprint density at radius 1 is 1.29 bits per heavy atom. The Morgan fingerprint density at radius 3 is 2.97 bits per heavy atom. The first-order chi connectivity index (χ1) is 14.8. The number of hydrogen-bond acceptors (Lipinski definition) is 5. The van der Waals surface area contributed by atoms with Crippen molar-refractivity contribution >= 4 is 29.9 Å². The summed E-state index contributed by atoms with van der Waals surface area (Å²) >= 11 is 0. The topological polar surface area (TPSA) is 89.5 Å². The molecule has 8 nitrogen and oxygen atoms in total. The Balaban J connectivity index is 0.00000231. The number of ether oxygens (including phenoxy) is 1. The maximum Gasteiger partial charge on any atom is 0.191 e. The van der Waals surface area contributed by atoms with Crippen molar-refractivity contribution in [1.29, 1.82) is 0 Å². The molecule has 2 saturated carbocycles. The number of aryl methyl sites for hydroxylation is 1. The molecule has 3 aliphatic rings. The number of nitrogens with one attached hydrogen (secondary N) is 2. The Morgan fingerprint density at radius 2 is 2.23 bits per heavy atom. The minimum atomic E-state index is 0. The van der Waals surface area contributed by atoms with Crippen molar-refractivity contribution in [3.63, 3.8) is 0 Å². The SMILES string of the molecule is COCc1nc2n(n1)CC(NC(=NCCc1ccco1)NC1CC3CCC1C3)CC2.I. The van der Waals surface area contributed by atoms with Crippen LogP contribution in [0.4, 0.5) is 0 Å². The molecule has 2 aromatic rings. The van der Waals surface area contributed by atoms with E-state index in [4.69, 9.17) is 14.1 Å². The fourth-order valence-corrected chi connectivity index (χ4v) is 5.32. The van der Waals surface area contributed by atoms with E-state index in [0.29, 0.717) is 25.2 Å². The van der Waals surface area contributed by atoms with Gasteiger partial charge in [-0.25, -0.2) is 9.67 Å². The number of methoxy groups -OCH3 is 1. The van der Waals surface area contributed by atoms with Crippen molar-refractivity contribution in [3.8, 4) is 0 Å². The van der Waals surface area contributed by atoms with Crippen LogP contribution in [0.15, 0.2) is 27.8 Å². The molecule has 3 heterocycles. The van der Waals surface area contributed by atoms with E-state index in [1.165, 1.54) is 25.7 Å². The standard InChI is InChI=1S/C22H32N6O2.HI/c1-29-14-20-26-21-7-6-17(13-28(21)27-20)24-22(23-9-8-18-3-2-10-30-18)25-19-12-15-4-5-16(19)11-15;/h2-3,10,15-17,19H,4-9,11-14H2,1H3,(H2,23,24,25);1H. The van der Waals surface area contributed by atoms with Gasteiger partial charge in [0.1, 0.15) is 18.2 Å². The second-order valence-corrected chi connectivity index (χ2v) is 8.92. The van der Waals surface area contributed by atoms with Gasteiger partial charge in [0.05, 0.1) is 12.8 Å². The summed E-state index contributed by atoms with van der Waals surface area (Å²) in [4.78, 5) is 9.48. The summed E-state index contributed by atoms with van der Waals surface area (Å²) in [6.07, 6.45) is 9.91. The van der Waals surface area contributed by atoms with Gasteiger partial charge in [0.2, 0.25) is 0 Å². The first-order valence-electron chi connectivity index (χ1n) is 11.3. The fourth-order valence-electron chi connectivity index (χ4n) is 5.32. The van der Waals surface area contributed by atoms with Gasteiger partial charge in [-0.15, -0.1) is 24.0 Å². The molecule has 170 valence electrons. The third kappa shape index (κ3) is 5.42. The smallest absolute Gasteiger partial charge is 0.191 e. The van der Waals surface area contributed by atoms with Crippen LogP contribution in [0.1, 0.15) is 49.5 Å². The zero-order valence-corrected chi connectivity index (χ0v) is 20.5. The average Bonchev–Trinajstić information content (AvgIpc) is 3.52. The summed E-state index contributed by atoms with van der Waals surface area (Å²) in [7, 11) is 1.68. The normalized spacial score (nSPS) is 27.1. The maximum absolute atomic E-state index is 5.46. The van der Waals surface area contributed by atoms with E-state index in [0.717, 1.165) is 61.0 Å². The number of aliphatic imine (C=N–C) groups is 1. The quantitative estimate of drug-likeness (QED) is 0.319. The van der Waals surface area contributed by atoms with Crippen molar-refractivity contribution in [2.24, 2.45) is 16.8 Å². The number of nitrogens with zero attached hydrogens (tertiary/aromatic N) is 4. The fraction of sp³-hybridized carbons (Fsp3) is 0.682. The molecule has 4 unspecified atom stereocenters. The molecule has 2 aromatic heterocycles. The zero-order valence-electron chi connectivity index (χ0n) is 18.1. The van der Waals surface area contributed by atoms with Crippen molar-refractivity contribution < 1.29 is 9.15 Å². The largest absolute Gasteiger partial charge is 0.469 e. The van der Waals surface area contributed by atoms with Crippen molar-refractivity contribution in [3.05, 3.63) is 35.8 Å². The van der Waals surface area contributed by atoms with Crippen LogP contribution >= 0.6 is 24.0 Å². The van der Waals surface area contributed by atoms with Gasteiger partial charge < -0.3 is 19.8 Å². The number of halogens is 1. The van der Waals surface area contributed by atoms with E-state index in [1.54, 1.807) is 13.4 Å². The van der Waals surface area contributed by atoms with E-state index in [9.17, 15) is 0 Å². The number of guanidine groups is 1. The molecule has 9 heteroatoms. The molecule has 0 radical (unpaired) electrons. The molecule has 0 aromatic carbocycles. The van der Waals surface area contributed by atoms with Crippen molar-refractivity contribution in [2.75, 3.05) is 13.7 Å². The van der Waals surface area contributed by atoms with Crippen LogP contribution in [0, 0.1) is 11.8 Å². The zero-order chi connectivity index (χ0) is 20.3. The second kappa shape index (κ2) is 10.3. The van der Waals surface area contributed by atoms with Gasteiger partial charge in [-0.2, -0.15) is 5.10 Å². The third-order valence-electron chi connectivity index (χ3n) is 6.78. The highest BCUT2D eigenvalue weighted by Crippen LogP contribution is 2.44. The summed E-state index contributed by atoms with van der Waals surface area (Å²) in [5.41, 5.74) is 0. The van der Waals surface area contributed by atoms with E-state index in [-0.39, 0.29) is 24.0 Å². The highest BCUT2D eigenvalue weighted by atomic mass is 127. The lowest BCUT2D eigenvalue weighted by Crippen LogP contribution is -2.51. The van der Waals surface area contributed by atoms with Gasteiger partial charge >= 0.3 is 0 Å². The molecule has 2 aliphatic carbocycles. The summed E-state index contributed by atoms with van der Waals surface area (Å²) in [6.45, 7) is 1.98. The lowest BCUT2D eigenvalue weighted by Gasteiger charge is -2.29. The average molecular weight is 540 g/mol. The Labute approximate surface area is 200 Å². The first-order valence-corrected chi connectivity index (χ1v) is 11.3.